The lowest BCUT2D eigenvalue weighted by atomic mass is 10.1. The quantitative estimate of drug-likeness (QED) is 0.858. The second-order valence-corrected chi connectivity index (χ2v) is 5.25. The van der Waals surface area contributed by atoms with Crippen LogP contribution in [0.25, 0.3) is 0 Å². The summed E-state index contributed by atoms with van der Waals surface area (Å²) in [4.78, 5) is 25.1. The van der Waals surface area contributed by atoms with E-state index in [0.29, 0.717) is 19.6 Å². The molecule has 0 aromatic heterocycles. The number of rotatable bonds is 6. The molecule has 1 aliphatic rings. The Morgan fingerprint density at radius 3 is 2.55 bits per heavy atom. The predicted molar refractivity (Wildman–Crippen MR) is 79.9 cm³/mol. The van der Waals surface area contributed by atoms with Gasteiger partial charge in [0.2, 0.25) is 5.91 Å². The van der Waals surface area contributed by atoms with E-state index >= 15 is 0 Å². The van der Waals surface area contributed by atoms with Gasteiger partial charge in [0.05, 0.1) is 19.1 Å². The molecule has 1 fully saturated rings. The van der Waals surface area contributed by atoms with Gasteiger partial charge in [-0.25, -0.2) is 4.79 Å². The number of ether oxygens (including phenoxy) is 2. The third-order valence-corrected chi connectivity index (χ3v) is 3.79. The van der Waals surface area contributed by atoms with Gasteiger partial charge < -0.3 is 19.5 Å². The van der Waals surface area contributed by atoms with Crippen molar-refractivity contribution in [1.82, 2.24) is 4.90 Å². The van der Waals surface area contributed by atoms with Crippen molar-refractivity contribution < 1.29 is 24.2 Å². The largest absolute Gasteiger partial charge is 0.494 e. The van der Waals surface area contributed by atoms with Crippen LogP contribution in [0.1, 0.15) is 18.9 Å². The molecule has 1 saturated heterocycles. The summed E-state index contributed by atoms with van der Waals surface area (Å²) in [6.07, 6.45) is 0.290. The van der Waals surface area contributed by atoms with Gasteiger partial charge in [0.15, 0.2) is 0 Å². The Hall–Kier alpha value is -2.08. The highest BCUT2D eigenvalue weighted by Gasteiger charge is 2.39. The van der Waals surface area contributed by atoms with Crippen molar-refractivity contribution in [3.63, 3.8) is 0 Å². The van der Waals surface area contributed by atoms with Crippen LogP contribution in [0, 0.1) is 0 Å². The predicted octanol–water partition coefficient (Wildman–Crippen LogP) is 1.33. The molecule has 0 bridgehead atoms. The number of hydrogen-bond donors (Lipinski definition) is 1. The van der Waals surface area contributed by atoms with Crippen molar-refractivity contribution in [2.45, 2.75) is 31.9 Å². The van der Waals surface area contributed by atoms with Crippen LogP contribution in [0.5, 0.6) is 5.75 Å². The number of aliphatic carboxylic acids is 1. The number of carbonyl (C=O) groups is 2. The second kappa shape index (κ2) is 7.26. The minimum absolute atomic E-state index is 0.173. The van der Waals surface area contributed by atoms with Gasteiger partial charge >= 0.3 is 5.97 Å². The first-order valence-corrected chi connectivity index (χ1v) is 7.32. The zero-order valence-corrected chi connectivity index (χ0v) is 12.8. The summed E-state index contributed by atoms with van der Waals surface area (Å²) in [5, 5.41) is 9.24. The molecule has 1 N–H and O–H groups in total. The monoisotopic (exact) mass is 307 g/mol. The minimum Gasteiger partial charge on any atom is -0.494 e. The first-order chi connectivity index (χ1) is 10.5. The van der Waals surface area contributed by atoms with Crippen LogP contribution >= 0.6 is 0 Å². The molecule has 1 aromatic carbocycles. The Morgan fingerprint density at radius 2 is 2.00 bits per heavy atom. The Kier molecular flexibility index (Phi) is 5.38. The Balaban J connectivity index is 2.02. The minimum atomic E-state index is -0.986. The van der Waals surface area contributed by atoms with Gasteiger partial charge in [-0.3, -0.25) is 4.79 Å². The average Bonchev–Trinajstić information content (AvgIpc) is 2.94. The number of nitrogens with zero attached hydrogens (tertiary/aromatic N) is 1. The van der Waals surface area contributed by atoms with E-state index < -0.39 is 12.0 Å². The van der Waals surface area contributed by atoms with Crippen molar-refractivity contribution in [3.05, 3.63) is 29.8 Å². The summed E-state index contributed by atoms with van der Waals surface area (Å²) < 4.78 is 10.5. The van der Waals surface area contributed by atoms with Gasteiger partial charge in [0.1, 0.15) is 11.8 Å². The van der Waals surface area contributed by atoms with Crippen LogP contribution < -0.4 is 4.74 Å². The molecule has 6 nitrogen and oxygen atoms in total. The van der Waals surface area contributed by atoms with Crippen LogP contribution in [-0.4, -0.2) is 54.3 Å². The molecule has 1 aromatic rings. The van der Waals surface area contributed by atoms with Crippen molar-refractivity contribution in [2.24, 2.45) is 0 Å². The average molecular weight is 307 g/mol. The van der Waals surface area contributed by atoms with Crippen LogP contribution in [0.4, 0.5) is 0 Å². The van der Waals surface area contributed by atoms with Gasteiger partial charge in [0.25, 0.3) is 0 Å². The third kappa shape index (κ3) is 3.76. The van der Waals surface area contributed by atoms with Crippen molar-refractivity contribution in [2.75, 3.05) is 20.3 Å². The topological polar surface area (TPSA) is 76.1 Å². The molecule has 2 atom stereocenters. The molecule has 2 rings (SSSR count). The molecule has 120 valence electrons. The van der Waals surface area contributed by atoms with E-state index in [1.807, 2.05) is 31.2 Å². The summed E-state index contributed by atoms with van der Waals surface area (Å²) in [5.41, 5.74) is 0.832. The van der Waals surface area contributed by atoms with E-state index in [1.165, 1.54) is 12.0 Å². The van der Waals surface area contributed by atoms with Crippen molar-refractivity contribution >= 4 is 11.9 Å². The number of methoxy groups -OCH3 is 1. The molecule has 0 radical (unpaired) electrons. The van der Waals surface area contributed by atoms with E-state index in [4.69, 9.17) is 9.47 Å². The molecule has 1 aliphatic heterocycles. The Morgan fingerprint density at radius 1 is 1.32 bits per heavy atom. The molecule has 6 heteroatoms. The molecule has 0 spiro atoms. The Labute approximate surface area is 129 Å². The summed E-state index contributed by atoms with van der Waals surface area (Å²) in [5.74, 6) is -0.432. The van der Waals surface area contributed by atoms with Crippen molar-refractivity contribution in [3.8, 4) is 5.75 Å². The second-order valence-electron chi connectivity index (χ2n) is 5.25. The first kappa shape index (κ1) is 16.3. The standard InChI is InChI=1S/C16H21NO5/c1-3-22-12-6-4-11(5-7-12)8-15(18)17-10-13(21-2)9-14(17)16(19)20/h4-7,13-14H,3,8-10H2,1-2H3,(H,19,20). The summed E-state index contributed by atoms with van der Waals surface area (Å²) in [6, 6.07) is 6.46. The fourth-order valence-corrected chi connectivity index (χ4v) is 2.62. The number of carbonyl (C=O) groups excluding carboxylic acids is 1. The van der Waals surface area contributed by atoms with Gasteiger partial charge in [-0.1, -0.05) is 12.1 Å². The SMILES string of the molecule is CCOc1ccc(CC(=O)N2CC(OC)CC2C(=O)O)cc1. The molecule has 1 amide bonds. The number of likely N-dealkylation sites (tertiary alicyclic amines) is 1. The highest BCUT2D eigenvalue weighted by Crippen LogP contribution is 2.22. The number of carboxylic acids is 1. The summed E-state index contributed by atoms with van der Waals surface area (Å²) in [7, 11) is 1.53. The lowest BCUT2D eigenvalue weighted by Crippen LogP contribution is -2.41. The van der Waals surface area contributed by atoms with Crippen LogP contribution in [0.15, 0.2) is 24.3 Å². The van der Waals surface area contributed by atoms with Crippen LogP contribution in [0.2, 0.25) is 0 Å². The van der Waals surface area contributed by atoms with Crippen molar-refractivity contribution in [1.29, 1.82) is 0 Å². The smallest absolute Gasteiger partial charge is 0.326 e. The maximum absolute atomic E-state index is 12.4. The molecular weight excluding hydrogens is 286 g/mol. The van der Waals surface area contributed by atoms with Gasteiger partial charge in [-0.05, 0) is 24.6 Å². The fraction of sp³-hybridized carbons (Fsp3) is 0.500. The molecule has 2 unspecified atom stereocenters. The fourth-order valence-electron chi connectivity index (χ4n) is 2.62. The van der Waals surface area contributed by atoms with Gasteiger partial charge in [0, 0.05) is 20.1 Å². The highest BCUT2D eigenvalue weighted by molar-refractivity contribution is 5.85. The number of amides is 1. The lowest BCUT2D eigenvalue weighted by Gasteiger charge is -2.21. The summed E-state index contributed by atoms with van der Waals surface area (Å²) in [6.45, 7) is 2.82. The molecule has 1 heterocycles. The zero-order valence-electron chi connectivity index (χ0n) is 12.8. The van der Waals surface area contributed by atoms with E-state index in [9.17, 15) is 14.7 Å². The van der Waals surface area contributed by atoms with Crippen LogP contribution in [0.3, 0.4) is 0 Å². The summed E-state index contributed by atoms with van der Waals surface area (Å²) >= 11 is 0. The van der Waals surface area contributed by atoms with Gasteiger partial charge in [-0.2, -0.15) is 0 Å². The lowest BCUT2D eigenvalue weighted by molar-refractivity contribution is -0.148. The molecule has 0 saturated carbocycles. The number of carboxylic acid groups (broad SMARTS) is 1. The maximum atomic E-state index is 12.4. The van der Waals surface area contributed by atoms with E-state index in [2.05, 4.69) is 0 Å². The Bertz CT molecular complexity index is 528. The molecule has 0 aliphatic carbocycles. The van der Waals surface area contributed by atoms with E-state index in [0.717, 1.165) is 11.3 Å². The normalized spacial score (nSPS) is 20.9. The maximum Gasteiger partial charge on any atom is 0.326 e. The molecule has 22 heavy (non-hydrogen) atoms. The first-order valence-electron chi connectivity index (χ1n) is 7.32. The highest BCUT2D eigenvalue weighted by atomic mass is 16.5. The third-order valence-electron chi connectivity index (χ3n) is 3.79. The van der Waals surface area contributed by atoms with Gasteiger partial charge in [-0.15, -0.1) is 0 Å². The van der Waals surface area contributed by atoms with Crippen LogP contribution in [-0.2, 0) is 20.7 Å². The molecular formula is C16H21NO5. The number of hydrogen-bond acceptors (Lipinski definition) is 4. The van der Waals surface area contributed by atoms with E-state index in [1.54, 1.807) is 0 Å². The zero-order chi connectivity index (χ0) is 16.1. The number of benzene rings is 1. The van der Waals surface area contributed by atoms with E-state index in [-0.39, 0.29) is 18.4 Å².